The van der Waals surface area contributed by atoms with Crippen molar-refractivity contribution in [2.24, 2.45) is 5.73 Å². The van der Waals surface area contributed by atoms with Crippen LogP contribution >= 0.6 is 22.7 Å². The van der Waals surface area contributed by atoms with Gasteiger partial charge in [0.1, 0.15) is 5.75 Å². The first kappa shape index (κ1) is 19.1. The second kappa shape index (κ2) is 7.13. The van der Waals surface area contributed by atoms with Gasteiger partial charge in [0, 0.05) is 4.88 Å². The molecule has 4 heterocycles. The lowest BCUT2D eigenvalue weighted by Gasteiger charge is -2.11. The Balaban J connectivity index is 1.73. The molecule has 0 bridgehead atoms. The van der Waals surface area contributed by atoms with E-state index in [4.69, 9.17) is 10.5 Å². The fourth-order valence-corrected chi connectivity index (χ4v) is 6.07. The Morgan fingerprint density at radius 3 is 2.60 bits per heavy atom. The minimum Gasteiger partial charge on any atom is -0.497 e. The van der Waals surface area contributed by atoms with Gasteiger partial charge in [0.25, 0.3) is 0 Å². The van der Waals surface area contributed by atoms with Crippen LogP contribution in [0.2, 0.25) is 0 Å². The first-order chi connectivity index (χ1) is 14.5. The molecule has 1 atom stereocenters. The van der Waals surface area contributed by atoms with Crippen LogP contribution in [-0.4, -0.2) is 35.3 Å². The number of nitrogens with two attached hydrogens (primary N) is 1. The molecule has 1 unspecified atom stereocenters. The highest BCUT2D eigenvalue weighted by atomic mass is 32.2. The number of ether oxygens (including phenoxy) is 1. The first-order valence-corrected chi connectivity index (χ1v) is 12.1. The smallest absolute Gasteiger partial charge is 0.229 e. The topological polar surface area (TPSA) is 112 Å². The van der Waals surface area contributed by atoms with Crippen molar-refractivity contribution in [3.8, 4) is 5.75 Å². The summed E-state index contributed by atoms with van der Waals surface area (Å²) < 4.78 is 33.9. The lowest BCUT2D eigenvalue weighted by molar-refractivity contribution is 0.414. The number of aromatic nitrogens is 4. The first-order valence-electron chi connectivity index (χ1n) is 8.81. The van der Waals surface area contributed by atoms with E-state index in [0.29, 0.717) is 11.4 Å². The molecule has 0 saturated heterocycles. The van der Waals surface area contributed by atoms with E-state index in [1.807, 2.05) is 29.0 Å². The van der Waals surface area contributed by atoms with Crippen LogP contribution in [0.25, 0.3) is 15.9 Å². The van der Waals surface area contributed by atoms with E-state index in [9.17, 15) is 8.42 Å². The molecule has 0 amide bonds. The molecule has 2 N–H and O–H groups in total. The van der Waals surface area contributed by atoms with Gasteiger partial charge in [-0.05, 0) is 47.2 Å². The second-order valence-electron chi connectivity index (χ2n) is 6.43. The van der Waals surface area contributed by atoms with Gasteiger partial charge in [-0.25, -0.2) is 13.4 Å². The van der Waals surface area contributed by atoms with Gasteiger partial charge in [0.2, 0.25) is 14.9 Å². The summed E-state index contributed by atoms with van der Waals surface area (Å²) in [5, 5.41) is 11.7. The van der Waals surface area contributed by atoms with Gasteiger partial charge < -0.3 is 10.5 Å². The molecule has 11 heteroatoms. The lowest BCUT2D eigenvalue weighted by atomic mass is 10.1. The largest absolute Gasteiger partial charge is 0.497 e. The molecule has 0 aliphatic carbocycles. The highest BCUT2D eigenvalue weighted by molar-refractivity contribution is 7.91. The zero-order valence-electron chi connectivity index (χ0n) is 15.6. The van der Waals surface area contributed by atoms with Crippen LogP contribution < -0.4 is 10.5 Å². The fraction of sp³-hybridized carbons (Fsp3) is 0.105. The zero-order chi connectivity index (χ0) is 20.9. The van der Waals surface area contributed by atoms with Gasteiger partial charge in [-0.3, -0.25) is 0 Å². The number of methoxy groups -OCH3 is 1. The Bertz CT molecular complexity index is 1450. The fourth-order valence-electron chi connectivity index (χ4n) is 3.20. The molecular formula is C19H15N5O3S3. The number of thiophene rings is 2. The molecule has 0 radical (unpaired) electrons. The summed E-state index contributed by atoms with van der Waals surface area (Å²) in [4.78, 5) is 5.67. The van der Waals surface area contributed by atoms with Crippen LogP contribution in [0, 0.1) is 0 Å². The van der Waals surface area contributed by atoms with Crippen molar-refractivity contribution in [3.63, 3.8) is 0 Å². The maximum atomic E-state index is 13.3. The predicted molar refractivity (Wildman–Crippen MR) is 115 cm³/mol. The van der Waals surface area contributed by atoms with Gasteiger partial charge in [0.05, 0.1) is 34.0 Å². The highest BCUT2D eigenvalue weighted by Gasteiger charge is 2.28. The van der Waals surface area contributed by atoms with Crippen LogP contribution in [-0.2, 0) is 9.84 Å². The third kappa shape index (κ3) is 2.89. The minimum absolute atomic E-state index is 0.0852. The number of nitrogens with zero attached hydrogens (tertiary/aromatic N) is 4. The monoisotopic (exact) mass is 457 g/mol. The maximum Gasteiger partial charge on any atom is 0.229 e. The summed E-state index contributed by atoms with van der Waals surface area (Å²) in [6, 6.07) is 11.3. The van der Waals surface area contributed by atoms with Gasteiger partial charge in [-0.15, -0.1) is 27.8 Å². The average molecular weight is 458 g/mol. The summed E-state index contributed by atoms with van der Waals surface area (Å²) in [5.74, 6) is 0.559. The van der Waals surface area contributed by atoms with Crippen LogP contribution in [0.15, 0.2) is 63.1 Å². The molecule has 5 aromatic rings. The van der Waals surface area contributed by atoms with Crippen molar-refractivity contribution in [2.75, 3.05) is 7.11 Å². The van der Waals surface area contributed by atoms with E-state index in [2.05, 4.69) is 15.3 Å². The minimum atomic E-state index is -3.94. The summed E-state index contributed by atoms with van der Waals surface area (Å²) in [7, 11) is -2.42. The number of benzene rings is 1. The Kier molecular flexibility index (Phi) is 4.54. The molecule has 0 aliphatic rings. The Morgan fingerprint density at radius 1 is 1.10 bits per heavy atom. The van der Waals surface area contributed by atoms with Crippen molar-refractivity contribution in [1.29, 1.82) is 0 Å². The van der Waals surface area contributed by atoms with Crippen molar-refractivity contribution >= 4 is 48.4 Å². The second-order valence-corrected chi connectivity index (χ2v) is 10.2. The summed E-state index contributed by atoms with van der Waals surface area (Å²) in [6.07, 6.45) is 0. The third-order valence-corrected chi connectivity index (χ3v) is 8.26. The van der Waals surface area contributed by atoms with Crippen LogP contribution in [0.5, 0.6) is 5.75 Å². The molecule has 0 fully saturated rings. The van der Waals surface area contributed by atoms with Crippen molar-refractivity contribution in [3.05, 3.63) is 63.8 Å². The predicted octanol–water partition coefficient (Wildman–Crippen LogP) is 3.29. The summed E-state index contributed by atoms with van der Waals surface area (Å²) in [6.45, 7) is 0. The molecule has 5 rings (SSSR count). The van der Waals surface area contributed by atoms with Crippen LogP contribution in [0.3, 0.4) is 0 Å². The van der Waals surface area contributed by atoms with Gasteiger partial charge in [-0.2, -0.15) is 4.52 Å². The van der Waals surface area contributed by atoms with Gasteiger partial charge in [-0.1, -0.05) is 11.3 Å². The number of sulfone groups is 1. The van der Waals surface area contributed by atoms with E-state index in [1.165, 1.54) is 46.4 Å². The third-order valence-electron chi connectivity index (χ3n) is 4.72. The van der Waals surface area contributed by atoms with E-state index in [1.54, 1.807) is 12.1 Å². The molecule has 8 nitrogen and oxygen atoms in total. The van der Waals surface area contributed by atoms with E-state index >= 15 is 0 Å². The molecule has 0 aliphatic heterocycles. The standard InChI is InChI=1S/C19H15N5O3S3/c1-27-11-4-6-12(7-5-11)30(25,26)19-18-21-16(15(20)14-3-2-9-28-14)17-13(8-10-29-17)24(18)23-22-19/h2-10,15H,20H2,1H3. The normalized spacial score (nSPS) is 13.1. The summed E-state index contributed by atoms with van der Waals surface area (Å²) >= 11 is 3.01. The number of fused-ring (bicyclic) bond motifs is 3. The van der Waals surface area contributed by atoms with Crippen molar-refractivity contribution in [1.82, 2.24) is 19.8 Å². The molecule has 152 valence electrons. The maximum absolute atomic E-state index is 13.3. The van der Waals surface area contributed by atoms with Crippen LogP contribution in [0.1, 0.15) is 16.6 Å². The van der Waals surface area contributed by atoms with Gasteiger partial charge in [0.15, 0.2) is 5.65 Å². The molecule has 1 aromatic carbocycles. The highest BCUT2D eigenvalue weighted by Crippen LogP contribution is 2.34. The SMILES string of the molecule is COc1ccc(S(=O)(=O)c2nnn3c2nc(C(N)c2cccs2)c2sccc23)cc1. The number of hydrogen-bond acceptors (Lipinski definition) is 9. The van der Waals surface area contributed by atoms with Crippen molar-refractivity contribution in [2.45, 2.75) is 16.0 Å². The summed E-state index contributed by atoms with van der Waals surface area (Å²) in [5.41, 5.74) is 7.96. The number of rotatable bonds is 5. The lowest BCUT2D eigenvalue weighted by Crippen LogP contribution is -2.14. The molecule has 4 aromatic heterocycles. The molecular weight excluding hydrogens is 442 g/mol. The number of hydrogen-bond donors (Lipinski definition) is 1. The zero-order valence-corrected chi connectivity index (χ0v) is 18.0. The molecule has 30 heavy (non-hydrogen) atoms. The quantitative estimate of drug-likeness (QED) is 0.431. The van der Waals surface area contributed by atoms with E-state index in [0.717, 1.165) is 15.1 Å². The molecule has 0 spiro atoms. The average Bonchev–Trinajstić information content (AvgIpc) is 3.52. The van der Waals surface area contributed by atoms with E-state index in [-0.39, 0.29) is 15.6 Å². The molecule has 0 saturated carbocycles. The Hall–Kier alpha value is -2.86. The van der Waals surface area contributed by atoms with E-state index < -0.39 is 15.9 Å². The van der Waals surface area contributed by atoms with Crippen molar-refractivity contribution < 1.29 is 13.2 Å². The van der Waals surface area contributed by atoms with Gasteiger partial charge >= 0.3 is 0 Å². The Morgan fingerprint density at radius 2 is 1.90 bits per heavy atom. The van der Waals surface area contributed by atoms with Crippen LogP contribution in [0.4, 0.5) is 0 Å². The Labute approximate surface area is 179 Å².